The summed E-state index contributed by atoms with van der Waals surface area (Å²) in [6, 6.07) is 6.82. The minimum atomic E-state index is -1.85. The summed E-state index contributed by atoms with van der Waals surface area (Å²) in [5, 5.41) is 18.2. The second-order valence-electron chi connectivity index (χ2n) is 3.14. The Morgan fingerprint density at radius 3 is 2.81 bits per heavy atom. The Balaban J connectivity index is 2.54. The first-order valence-electron chi connectivity index (χ1n) is 4.66. The Labute approximate surface area is 92.4 Å². The molecule has 0 aliphatic heterocycles. The molecule has 1 heterocycles. The molecule has 6 heteroatoms. The van der Waals surface area contributed by atoms with Gasteiger partial charge in [0.15, 0.2) is 0 Å². The van der Waals surface area contributed by atoms with Crippen molar-refractivity contribution in [3.63, 3.8) is 0 Å². The molecule has 0 saturated heterocycles. The van der Waals surface area contributed by atoms with Gasteiger partial charge in [0, 0.05) is 17.6 Å². The van der Waals surface area contributed by atoms with Crippen molar-refractivity contribution in [2.45, 2.75) is 0 Å². The summed E-state index contributed by atoms with van der Waals surface area (Å²) < 4.78 is 9.91. The van der Waals surface area contributed by atoms with Gasteiger partial charge in [-0.25, -0.2) is 0 Å². The SMILES string of the molecule is COc1cc(OB(O)O)cc2cccnc12. The van der Waals surface area contributed by atoms with Gasteiger partial charge < -0.3 is 19.4 Å². The molecule has 0 bridgehead atoms. The van der Waals surface area contributed by atoms with Crippen LogP contribution in [-0.4, -0.2) is 29.5 Å². The summed E-state index contributed by atoms with van der Waals surface area (Å²) in [5.74, 6) is 0.834. The Bertz CT molecular complexity index is 503. The zero-order valence-corrected chi connectivity index (χ0v) is 8.62. The van der Waals surface area contributed by atoms with Crippen LogP contribution in [-0.2, 0) is 0 Å². The van der Waals surface area contributed by atoms with E-state index in [0.29, 0.717) is 17.0 Å². The number of pyridine rings is 1. The Kier molecular flexibility index (Phi) is 2.94. The lowest BCUT2D eigenvalue weighted by Crippen LogP contribution is -2.20. The van der Waals surface area contributed by atoms with Crippen LogP contribution in [0.1, 0.15) is 0 Å². The van der Waals surface area contributed by atoms with Crippen molar-refractivity contribution in [3.8, 4) is 11.5 Å². The van der Waals surface area contributed by atoms with Crippen LogP contribution in [0.3, 0.4) is 0 Å². The number of benzene rings is 1. The molecule has 0 saturated carbocycles. The second kappa shape index (κ2) is 4.38. The van der Waals surface area contributed by atoms with Crippen LogP contribution in [0.25, 0.3) is 10.9 Å². The fraction of sp³-hybridized carbons (Fsp3) is 0.100. The van der Waals surface area contributed by atoms with Crippen LogP contribution in [0.2, 0.25) is 0 Å². The molecular formula is C10H10BNO4. The van der Waals surface area contributed by atoms with E-state index in [1.54, 1.807) is 24.4 Å². The maximum Gasteiger partial charge on any atom is 0.707 e. The number of methoxy groups -OCH3 is 1. The van der Waals surface area contributed by atoms with Gasteiger partial charge in [-0.1, -0.05) is 6.07 Å². The van der Waals surface area contributed by atoms with E-state index in [-0.39, 0.29) is 0 Å². The van der Waals surface area contributed by atoms with Gasteiger partial charge in [-0.3, -0.25) is 4.98 Å². The van der Waals surface area contributed by atoms with Crippen molar-refractivity contribution in [1.29, 1.82) is 0 Å². The van der Waals surface area contributed by atoms with E-state index >= 15 is 0 Å². The van der Waals surface area contributed by atoms with Crippen LogP contribution in [0, 0.1) is 0 Å². The molecule has 0 fully saturated rings. The largest absolute Gasteiger partial charge is 0.707 e. The minimum absolute atomic E-state index is 0.312. The number of hydrogen-bond acceptors (Lipinski definition) is 5. The van der Waals surface area contributed by atoms with Crippen LogP contribution in [0.4, 0.5) is 0 Å². The highest BCUT2D eigenvalue weighted by atomic mass is 16.6. The Morgan fingerprint density at radius 1 is 1.31 bits per heavy atom. The smallest absolute Gasteiger partial charge is 0.512 e. The first-order chi connectivity index (χ1) is 7.70. The molecule has 0 spiro atoms. The van der Waals surface area contributed by atoms with Crippen LogP contribution >= 0.6 is 0 Å². The van der Waals surface area contributed by atoms with Gasteiger partial charge in [-0.15, -0.1) is 0 Å². The van der Waals surface area contributed by atoms with Crippen molar-refractivity contribution >= 4 is 18.2 Å². The standard InChI is InChI=1S/C10H10BNO4/c1-15-9-6-8(16-11(13)14)5-7-3-2-4-12-10(7)9/h2-6,13-14H,1H3. The summed E-state index contributed by atoms with van der Waals surface area (Å²) >= 11 is 0. The normalized spacial score (nSPS) is 10.2. The molecule has 0 atom stereocenters. The van der Waals surface area contributed by atoms with E-state index in [9.17, 15) is 0 Å². The van der Waals surface area contributed by atoms with Crippen LogP contribution in [0.15, 0.2) is 30.5 Å². The molecule has 5 nitrogen and oxygen atoms in total. The summed E-state index contributed by atoms with van der Waals surface area (Å²) in [6.45, 7) is 0. The zero-order chi connectivity index (χ0) is 11.5. The molecule has 2 aromatic rings. The average Bonchev–Trinajstić information content (AvgIpc) is 2.27. The first-order valence-corrected chi connectivity index (χ1v) is 4.66. The Morgan fingerprint density at radius 2 is 2.12 bits per heavy atom. The quantitative estimate of drug-likeness (QED) is 0.739. The predicted molar refractivity (Wildman–Crippen MR) is 59.1 cm³/mol. The molecule has 1 aromatic heterocycles. The van der Waals surface area contributed by atoms with Crippen LogP contribution in [0.5, 0.6) is 11.5 Å². The lowest BCUT2D eigenvalue weighted by atomic mass is 10.1. The minimum Gasteiger partial charge on any atom is -0.512 e. The van der Waals surface area contributed by atoms with Gasteiger partial charge in [-0.2, -0.15) is 0 Å². The number of rotatable bonds is 3. The summed E-state index contributed by atoms with van der Waals surface area (Å²) in [4.78, 5) is 4.17. The van der Waals surface area contributed by atoms with Crippen molar-refractivity contribution in [2.24, 2.45) is 0 Å². The third-order valence-corrected chi connectivity index (χ3v) is 2.10. The van der Waals surface area contributed by atoms with E-state index < -0.39 is 7.32 Å². The lowest BCUT2D eigenvalue weighted by molar-refractivity contribution is 0.287. The summed E-state index contributed by atoms with van der Waals surface area (Å²) in [6.07, 6.45) is 1.66. The molecule has 2 N–H and O–H groups in total. The highest BCUT2D eigenvalue weighted by Gasteiger charge is 2.13. The highest BCUT2D eigenvalue weighted by molar-refractivity contribution is 6.33. The number of ether oxygens (including phenoxy) is 1. The van der Waals surface area contributed by atoms with Crippen molar-refractivity contribution < 1.29 is 19.4 Å². The van der Waals surface area contributed by atoms with E-state index in [2.05, 4.69) is 4.98 Å². The monoisotopic (exact) mass is 219 g/mol. The van der Waals surface area contributed by atoms with E-state index in [1.165, 1.54) is 7.11 Å². The van der Waals surface area contributed by atoms with E-state index in [0.717, 1.165) is 5.39 Å². The maximum atomic E-state index is 8.72. The summed E-state index contributed by atoms with van der Waals surface area (Å²) in [7, 11) is -0.332. The zero-order valence-electron chi connectivity index (χ0n) is 8.62. The summed E-state index contributed by atoms with van der Waals surface area (Å²) in [5.41, 5.74) is 0.699. The lowest BCUT2D eigenvalue weighted by Gasteiger charge is -2.09. The number of nitrogens with zero attached hydrogens (tertiary/aromatic N) is 1. The molecule has 0 radical (unpaired) electrons. The number of aromatic nitrogens is 1. The van der Waals surface area contributed by atoms with Crippen molar-refractivity contribution in [1.82, 2.24) is 4.98 Å². The van der Waals surface area contributed by atoms with E-state index in [1.807, 2.05) is 6.07 Å². The topological polar surface area (TPSA) is 71.8 Å². The molecule has 1 aromatic carbocycles. The third-order valence-electron chi connectivity index (χ3n) is 2.10. The fourth-order valence-electron chi connectivity index (χ4n) is 1.48. The maximum absolute atomic E-state index is 8.72. The third kappa shape index (κ3) is 2.07. The molecule has 2 rings (SSSR count). The highest BCUT2D eigenvalue weighted by Crippen LogP contribution is 2.29. The molecule has 0 aliphatic carbocycles. The van der Waals surface area contributed by atoms with Gasteiger partial charge >= 0.3 is 7.32 Å². The number of fused-ring (bicyclic) bond motifs is 1. The van der Waals surface area contributed by atoms with Crippen molar-refractivity contribution in [2.75, 3.05) is 7.11 Å². The molecule has 0 aliphatic rings. The van der Waals surface area contributed by atoms with E-state index in [4.69, 9.17) is 19.4 Å². The Hall–Kier alpha value is -1.79. The van der Waals surface area contributed by atoms with Gasteiger partial charge in [-0.05, 0) is 12.1 Å². The average molecular weight is 219 g/mol. The molecule has 0 unspecified atom stereocenters. The van der Waals surface area contributed by atoms with Crippen LogP contribution < -0.4 is 9.39 Å². The second-order valence-corrected chi connectivity index (χ2v) is 3.14. The molecule has 0 amide bonds. The van der Waals surface area contributed by atoms with Crippen molar-refractivity contribution in [3.05, 3.63) is 30.5 Å². The fourth-order valence-corrected chi connectivity index (χ4v) is 1.48. The van der Waals surface area contributed by atoms with Gasteiger partial charge in [0.25, 0.3) is 0 Å². The van der Waals surface area contributed by atoms with Gasteiger partial charge in [0.05, 0.1) is 7.11 Å². The van der Waals surface area contributed by atoms with Gasteiger partial charge in [0.2, 0.25) is 0 Å². The van der Waals surface area contributed by atoms with Gasteiger partial charge in [0.1, 0.15) is 17.0 Å². The molecular weight excluding hydrogens is 209 g/mol. The molecule has 82 valence electrons. The predicted octanol–water partition coefficient (Wildman–Crippen LogP) is 0.592. The first kappa shape index (κ1) is 10.7. The molecule has 16 heavy (non-hydrogen) atoms. The number of hydrogen-bond donors (Lipinski definition) is 2.